The van der Waals surface area contributed by atoms with Gasteiger partial charge in [-0.15, -0.1) is 0 Å². The fraction of sp³-hybridized carbons (Fsp3) is 0.533. The third-order valence-corrected chi connectivity index (χ3v) is 3.63. The Morgan fingerprint density at radius 1 is 1.29 bits per heavy atom. The molecule has 0 radical (unpaired) electrons. The first-order valence-electron chi connectivity index (χ1n) is 6.60. The zero-order valence-electron chi connectivity index (χ0n) is 12.0. The van der Waals surface area contributed by atoms with Crippen molar-refractivity contribution >= 4 is 5.97 Å². The molecule has 3 nitrogen and oxygen atoms in total. The molecule has 2 rings (SSSR count). The van der Waals surface area contributed by atoms with Crippen LogP contribution < -0.4 is 4.74 Å². The Hall–Kier alpha value is -1.72. The van der Waals surface area contributed by atoms with E-state index in [4.69, 9.17) is 9.84 Å². The zero-order valence-corrected chi connectivity index (χ0v) is 12.0. The van der Waals surface area contributed by atoms with Gasteiger partial charge < -0.3 is 9.84 Å². The average molecular weight is 302 g/mol. The number of carboxylic acid groups (broad SMARTS) is 1. The summed E-state index contributed by atoms with van der Waals surface area (Å²) in [5.74, 6) is -3.00. The molecule has 21 heavy (non-hydrogen) atoms. The molecule has 1 heterocycles. The molecule has 0 aliphatic carbocycles. The summed E-state index contributed by atoms with van der Waals surface area (Å²) in [7, 11) is 0. The lowest BCUT2D eigenvalue weighted by Crippen LogP contribution is -2.47. The van der Waals surface area contributed by atoms with Crippen LogP contribution in [0.1, 0.15) is 31.9 Å². The quantitative estimate of drug-likeness (QED) is 0.863. The SMILES string of the molecule is CC(C)(C)c1ccc2c(c1)C[C@@H](C(=O)O)[C@@H](C(F)(F)F)O2. The number of carbonyl (C=O) groups is 1. The van der Waals surface area contributed by atoms with Crippen LogP contribution >= 0.6 is 0 Å². The summed E-state index contributed by atoms with van der Waals surface area (Å²) < 4.78 is 43.7. The van der Waals surface area contributed by atoms with Crippen LogP contribution in [0.3, 0.4) is 0 Å². The van der Waals surface area contributed by atoms with Crippen molar-refractivity contribution in [2.75, 3.05) is 0 Å². The molecule has 1 aliphatic heterocycles. The molecule has 0 amide bonds. The summed E-state index contributed by atoms with van der Waals surface area (Å²) in [6.07, 6.45) is -7.19. The highest BCUT2D eigenvalue weighted by atomic mass is 19.4. The normalized spacial score (nSPS) is 22.4. The van der Waals surface area contributed by atoms with Crippen LogP contribution in [0.2, 0.25) is 0 Å². The van der Waals surface area contributed by atoms with Gasteiger partial charge in [0.25, 0.3) is 0 Å². The van der Waals surface area contributed by atoms with E-state index in [-0.39, 0.29) is 17.6 Å². The van der Waals surface area contributed by atoms with E-state index in [0.29, 0.717) is 5.56 Å². The first-order valence-corrected chi connectivity index (χ1v) is 6.60. The van der Waals surface area contributed by atoms with E-state index in [1.54, 1.807) is 12.1 Å². The van der Waals surface area contributed by atoms with E-state index in [9.17, 15) is 18.0 Å². The number of hydrogen-bond donors (Lipinski definition) is 1. The maximum absolute atomic E-state index is 12.9. The predicted molar refractivity (Wildman–Crippen MR) is 70.4 cm³/mol. The van der Waals surface area contributed by atoms with Gasteiger partial charge >= 0.3 is 12.1 Å². The Bertz CT molecular complexity index is 558. The molecule has 0 saturated carbocycles. The molecule has 0 spiro atoms. The Morgan fingerprint density at radius 2 is 1.90 bits per heavy atom. The van der Waals surface area contributed by atoms with E-state index in [0.717, 1.165) is 5.56 Å². The maximum Gasteiger partial charge on any atom is 0.426 e. The highest BCUT2D eigenvalue weighted by Crippen LogP contribution is 2.39. The zero-order chi connectivity index (χ0) is 16.0. The van der Waals surface area contributed by atoms with E-state index in [1.165, 1.54) is 6.07 Å². The Kier molecular flexibility index (Phi) is 3.68. The molecule has 0 aromatic heterocycles. The number of benzene rings is 1. The number of fused-ring (bicyclic) bond motifs is 1. The number of halogens is 3. The van der Waals surface area contributed by atoms with Gasteiger partial charge in [0, 0.05) is 0 Å². The second-order valence-electron chi connectivity index (χ2n) is 6.30. The van der Waals surface area contributed by atoms with Gasteiger partial charge in [-0.25, -0.2) is 0 Å². The first kappa shape index (κ1) is 15.7. The van der Waals surface area contributed by atoms with Crippen molar-refractivity contribution in [3.05, 3.63) is 29.3 Å². The molecular weight excluding hydrogens is 285 g/mol. The molecule has 1 aromatic carbocycles. The van der Waals surface area contributed by atoms with Gasteiger partial charge in [-0.3, -0.25) is 4.79 Å². The third kappa shape index (κ3) is 3.14. The standard InChI is InChI=1S/C15H17F3O3/c1-14(2,3)9-4-5-11-8(6-9)7-10(13(19)20)12(21-11)15(16,17)18/h4-6,10,12H,7H2,1-3H3,(H,19,20)/t10-,12+/m1/s1. The van der Waals surface area contributed by atoms with Gasteiger partial charge in [-0.05, 0) is 29.0 Å². The van der Waals surface area contributed by atoms with Crippen molar-refractivity contribution in [1.29, 1.82) is 0 Å². The summed E-state index contributed by atoms with van der Waals surface area (Å²) in [4.78, 5) is 11.1. The second kappa shape index (κ2) is 4.93. The summed E-state index contributed by atoms with van der Waals surface area (Å²) in [5, 5.41) is 9.05. The molecule has 2 atom stereocenters. The Labute approximate surface area is 120 Å². The molecule has 6 heteroatoms. The van der Waals surface area contributed by atoms with Crippen LogP contribution in [0.4, 0.5) is 13.2 Å². The van der Waals surface area contributed by atoms with Crippen molar-refractivity contribution in [2.24, 2.45) is 5.92 Å². The van der Waals surface area contributed by atoms with Crippen LogP contribution in [0.15, 0.2) is 18.2 Å². The minimum absolute atomic E-state index is 0.114. The minimum atomic E-state index is -4.70. The highest BCUT2D eigenvalue weighted by Gasteiger charge is 2.52. The molecular formula is C15H17F3O3. The van der Waals surface area contributed by atoms with E-state index >= 15 is 0 Å². The number of alkyl halides is 3. The van der Waals surface area contributed by atoms with Crippen LogP contribution in [-0.2, 0) is 16.6 Å². The highest BCUT2D eigenvalue weighted by molar-refractivity contribution is 5.72. The van der Waals surface area contributed by atoms with Crippen LogP contribution in [0.5, 0.6) is 5.75 Å². The topological polar surface area (TPSA) is 46.5 Å². The van der Waals surface area contributed by atoms with E-state index in [1.807, 2.05) is 20.8 Å². The largest absolute Gasteiger partial charge is 0.481 e. The third-order valence-electron chi connectivity index (χ3n) is 3.63. The van der Waals surface area contributed by atoms with E-state index < -0.39 is 24.2 Å². The first-order chi connectivity index (χ1) is 9.50. The smallest absolute Gasteiger partial charge is 0.426 e. The number of ether oxygens (including phenoxy) is 1. The van der Waals surface area contributed by atoms with Gasteiger partial charge in [-0.2, -0.15) is 13.2 Å². The number of carboxylic acids is 1. The predicted octanol–water partition coefficient (Wildman–Crippen LogP) is 3.55. The minimum Gasteiger partial charge on any atom is -0.481 e. The van der Waals surface area contributed by atoms with Crippen LogP contribution in [-0.4, -0.2) is 23.4 Å². The van der Waals surface area contributed by atoms with Crippen molar-refractivity contribution < 1.29 is 27.8 Å². The van der Waals surface area contributed by atoms with Gasteiger partial charge in [0.15, 0.2) is 0 Å². The van der Waals surface area contributed by atoms with Crippen molar-refractivity contribution in [1.82, 2.24) is 0 Å². The number of rotatable bonds is 1. The second-order valence-corrected chi connectivity index (χ2v) is 6.30. The van der Waals surface area contributed by atoms with Gasteiger partial charge in [-0.1, -0.05) is 32.9 Å². The van der Waals surface area contributed by atoms with Crippen LogP contribution in [0.25, 0.3) is 0 Å². The monoisotopic (exact) mass is 302 g/mol. The van der Waals surface area contributed by atoms with Gasteiger partial charge in [0.2, 0.25) is 6.10 Å². The average Bonchev–Trinajstić information content (AvgIpc) is 2.34. The molecule has 0 fully saturated rings. The Balaban J connectivity index is 2.43. The molecule has 0 bridgehead atoms. The van der Waals surface area contributed by atoms with Gasteiger partial charge in [0.1, 0.15) is 11.7 Å². The fourth-order valence-electron chi connectivity index (χ4n) is 2.40. The maximum atomic E-state index is 12.9. The molecule has 1 aliphatic rings. The van der Waals surface area contributed by atoms with Crippen molar-refractivity contribution in [3.63, 3.8) is 0 Å². The Morgan fingerprint density at radius 3 is 2.38 bits per heavy atom. The van der Waals surface area contributed by atoms with Crippen molar-refractivity contribution in [3.8, 4) is 5.75 Å². The lowest BCUT2D eigenvalue weighted by Gasteiger charge is -2.33. The fourth-order valence-corrected chi connectivity index (χ4v) is 2.40. The lowest BCUT2D eigenvalue weighted by molar-refractivity contribution is -0.217. The number of aliphatic carboxylic acids is 1. The molecule has 1 aromatic rings. The van der Waals surface area contributed by atoms with Gasteiger partial charge in [0.05, 0.1) is 0 Å². The molecule has 1 N–H and O–H groups in total. The lowest BCUT2D eigenvalue weighted by atomic mass is 9.83. The summed E-state index contributed by atoms with van der Waals surface area (Å²) in [6.45, 7) is 5.93. The van der Waals surface area contributed by atoms with Crippen molar-refractivity contribution in [2.45, 2.75) is 44.9 Å². The molecule has 116 valence electrons. The summed E-state index contributed by atoms with van der Waals surface area (Å²) >= 11 is 0. The van der Waals surface area contributed by atoms with E-state index in [2.05, 4.69) is 0 Å². The molecule has 0 saturated heterocycles. The number of hydrogen-bond acceptors (Lipinski definition) is 2. The van der Waals surface area contributed by atoms with Crippen LogP contribution in [0, 0.1) is 5.92 Å². The summed E-state index contributed by atoms with van der Waals surface area (Å²) in [6, 6.07) is 4.94. The summed E-state index contributed by atoms with van der Waals surface area (Å²) in [5.41, 5.74) is 1.27. The molecule has 0 unspecified atom stereocenters.